The van der Waals surface area contributed by atoms with E-state index in [2.05, 4.69) is 0 Å². The summed E-state index contributed by atoms with van der Waals surface area (Å²) in [6.07, 6.45) is 0.421. The van der Waals surface area contributed by atoms with Crippen molar-refractivity contribution >= 4 is 11.4 Å². The smallest absolute Gasteiger partial charge is 0.349 e. The van der Waals surface area contributed by atoms with E-state index in [0.29, 0.717) is 12.0 Å². The van der Waals surface area contributed by atoms with Gasteiger partial charge in [-0.3, -0.25) is 20.2 Å². The van der Waals surface area contributed by atoms with E-state index in [9.17, 15) is 25.3 Å². The summed E-state index contributed by atoms with van der Waals surface area (Å²) in [5, 5.41) is 30.9. The largest absolute Gasteiger partial charge is 0.507 e. The quantitative estimate of drug-likeness (QED) is 0.642. The van der Waals surface area contributed by atoms with Gasteiger partial charge in [0, 0.05) is 11.6 Å². The normalized spacial score (nSPS) is 10.5. The number of phenols is 1. The lowest BCUT2D eigenvalue weighted by molar-refractivity contribution is -0.422. The number of benzene rings is 1. The van der Waals surface area contributed by atoms with Crippen LogP contribution in [0.1, 0.15) is 19.4 Å². The molecule has 1 aromatic rings. The van der Waals surface area contributed by atoms with Gasteiger partial charge < -0.3 is 5.11 Å². The van der Waals surface area contributed by atoms with Gasteiger partial charge in [-0.1, -0.05) is 13.8 Å². The second kappa shape index (κ2) is 4.77. The van der Waals surface area contributed by atoms with Crippen molar-refractivity contribution < 1.29 is 15.0 Å². The molecular weight excluding hydrogens is 228 g/mol. The van der Waals surface area contributed by atoms with Gasteiger partial charge in [-0.25, -0.2) is 0 Å². The maximum atomic E-state index is 10.7. The first-order chi connectivity index (χ1) is 7.82. The van der Waals surface area contributed by atoms with Gasteiger partial charge in [0.2, 0.25) is 0 Å². The number of nitro benzene ring substituents is 2. The third kappa shape index (κ3) is 2.90. The Labute approximate surface area is 97.0 Å². The average Bonchev–Trinajstić information content (AvgIpc) is 2.19. The van der Waals surface area contributed by atoms with Crippen LogP contribution in [0.15, 0.2) is 12.1 Å². The summed E-state index contributed by atoms with van der Waals surface area (Å²) in [4.78, 5) is 19.6. The van der Waals surface area contributed by atoms with Gasteiger partial charge >= 0.3 is 11.4 Å². The molecule has 0 spiro atoms. The second-order valence-corrected chi connectivity index (χ2v) is 4.08. The summed E-state index contributed by atoms with van der Waals surface area (Å²) < 4.78 is 0. The van der Waals surface area contributed by atoms with Crippen molar-refractivity contribution in [3.05, 3.63) is 37.9 Å². The van der Waals surface area contributed by atoms with Gasteiger partial charge in [-0.05, 0) is 12.3 Å². The summed E-state index contributed by atoms with van der Waals surface area (Å²) in [6, 6.07) is 1.89. The third-order valence-corrected chi connectivity index (χ3v) is 2.20. The van der Waals surface area contributed by atoms with Gasteiger partial charge in [0.25, 0.3) is 0 Å². The van der Waals surface area contributed by atoms with E-state index < -0.39 is 21.2 Å². The van der Waals surface area contributed by atoms with E-state index in [1.807, 2.05) is 13.8 Å². The number of hydrogen-bond donors (Lipinski definition) is 1. The van der Waals surface area contributed by atoms with E-state index in [0.717, 1.165) is 12.1 Å². The number of rotatable bonds is 4. The van der Waals surface area contributed by atoms with Crippen LogP contribution in [-0.2, 0) is 6.42 Å². The molecule has 92 valence electrons. The predicted molar refractivity (Wildman–Crippen MR) is 60.0 cm³/mol. The lowest BCUT2D eigenvalue weighted by Gasteiger charge is -2.07. The Kier molecular flexibility index (Phi) is 3.62. The Hall–Kier alpha value is -2.18. The molecule has 0 aromatic heterocycles. The summed E-state index contributed by atoms with van der Waals surface area (Å²) in [5.41, 5.74) is -0.944. The fourth-order valence-electron chi connectivity index (χ4n) is 1.50. The zero-order valence-electron chi connectivity index (χ0n) is 9.41. The first-order valence-corrected chi connectivity index (χ1v) is 4.97. The van der Waals surface area contributed by atoms with Gasteiger partial charge in [0.15, 0.2) is 0 Å². The minimum Gasteiger partial charge on any atom is -0.507 e. The number of phenolic OH excluding ortho intramolecular Hbond substituents is 1. The molecule has 0 radical (unpaired) electrons. The first-order valence-electron chi connectivity index (χ1n) is 4.97. The highest BCUT2D eigenvalue weighted by Crippen LogP contribution is 2.34. The highest BCUT2D eigenvalue weighted by molar-refractivity contribution is 5.59. The zero-order chi connectivity index (χ0) is 13.2. The topological polar surface area (TPSA) is 107 Å². The highest BCUT2D eigenvalue weighted by atomic mass is 16.6. The van der Waals surface area contributed by atoms with Gasteiger partial charge in [0.05, 0.1) is 15.9 Å². The van der Waals surface area contributed by atoms with Crippen molar-refractivity contribution in [2.75, 3.05) is 0 Å². The van der Waals surface area contributed by atoms with Crippen LogP contribution in [0.3, 0.4) is 0 Å². The molecule has 0 saturated heterocycles. The molecular formula is C10H12N2O5. The molecule has 0 amide bonds. The summed E-state index contributed by atoms with van der Waals surface area (Å²) in [6.45, 7) is 3.76. The van der Waals surface area contributed by atoms with E-state index in [-0.39, 0.29) is 11.7 Å². The minimum atomic E-state index is -0.878. The standard InChI is InChI=1S/C10H12N2O5/c1-6(2)3-7-4-8(11(14)15)9(12(16)17)5-10(7)13/h4-6,13H,3H2,1-2H3. The molecule has 0 atom stereocenters. The van der Waals surface area contributed by atoms with E-state index >= 15 is 0 Å². The van der Waals surface area contributed by atoms with E-state index in [4.69, 9.17) is 0 Å². The molecule has 1 rings (SSSR count). The van der Waals surface area contributed by atoms with Crippen LogP contribution in [-0.4, -0.2) is 15.0 Å². The van der Waals surface area contributed by atoms with Crippen molar-refractivity contribution in [3.8, 4) is 5.75 Å². The van der Waals surface area contributed by atoms with Gasteiger partial charge in [-0.15, -0.1) is 0 Å². The van der Waals surface area contributed by atoms with Gasteiger partial charge in [-0.2, -0.15) is 0 Å². The van der Waals surface area contributed by atoms with E-state index in [1.165, 1.54) is 0 Å². The van der Waals surface area contributed by atoms with Crippen molar-refractivity contribution in [1.29, 1.82) is 0 Å². The molecule has 1 aromatic carbocycles. The summed E-state index contributed by atoms with van der Waals surface area (Å²) in [7, 11) is 0. The molecule has 0 unspecified atom stereocenters. The van der Waals surface area contributed by atoms with Crippen molar-refractivity contribution in [3.63, 3.8) is 0 Å². The molecule has 7 heteroatoms. The maximum Gasteiger partial charge on any atom is 0.349 e. The number of nitro groups is 2. The molecule has 0 aliphatic carbocycles. The van der Waals surface area contributed by atoms with Crippen LogP contribution in [0.4, 0.5) is 11.4 Å². The van der Waals surface area contributed by atoms with Crippen LogP contribution in [0, 0.1) is 26.1 Å². The fraction of sp³-hybridized carbons (Fsp3) is 0.400. The van der Waals surface area contributed by atoms with Crippen molar-refractivity contribution in [2.45, 2.75) is 20.3 Å². The Bertz CT molecular complexity index is 470. The zero-order valence-corrected chi connectivity index (χ0v) is 9.41. The molecule has 0 aliphatic rings. The van der Waals surface area contributed by atoms with Crippen molar-refractivity contribution in [2.24, 2.45) is 5.92 Å². The highest BCUT2D eigenvalue weighted by Gasteiger charge is 2.26. The first kappa shape index (κ1) is 12.9. The van der Waals surface area contributed by atoms with E-state index in [1.54, 1.807) is 0 Å². The average molecular weight is 240 g/mol. The second-order valence-electron chi connectivity index (χ2n) is 4.08. The van der Waals surface area contributed by atoms with Crippen LogP contribution in [0.5, 0.6) is 5.75 Å². The monoisotopic (exact) mass is 240 g/mol. The lowest BCUT2D eigenvalue weighted by Crippen LogP contribution is -2.00. The molecule has 0 fully saturated rings. The maximum absolute atomic E-state index is 10.7. The number of nitrogens with zero attached hydrogens (tertiary/aromatic N) is 2. The Morgan fingerprint density at radius 3 is 2.06 bits per heavy atom. The molecule has 0 saturated carbocycles. The van der Waals surface area contributed by atoms with Crippen LogP contribution < -0.4 is 0 Å². The van der Waals surface area contributed by atoms with Crippen LogP contribution in [0.2, 0.25) is 0 Å². The van der Waals surface area contributed by atoms with Crippen LogP contribution in [0.25, 0.3) is 0 Å². The van der Waals surface area contributed by atoms with Gasteiger partial charge in [0.1, 0.15) is 5.75 Å². The third-order valence-electron chi connectivity index (χ3n) is 2.20. The molecule has 17 heavy (non-hydrogen) atoms. The Morgan fingerprint density at radius 2 is 1.65 bits per heavy atom. The molecule has 0 aliphatic heterocycles. The Morgan fingerprint density at radius 1 is 1.18 bits per heavy atom. The lowest BCUT2D eigenvalue weighted by atomic mass is 10.0. The number of aromatic hydroxyl groups is 1. The van der Waals surface area contributed by atoms with Crippen molar-refractivity contribution in [1.82, 2.24) is 0 Å². The van der Waals surface area contributed by atoms with Crippen LogP contribution >= 0.6 is 0 Å². The summed E-state index contributed by atoms with van der Waals surface area (Å²) >= 11 is 0. The molecule has 0 heterocycles. The molecule has 0 bridgehead atoms. The molecule has 7 nitrogen and oxygen atoms in total. The summed E-state index contributed by atoms with van der Waals surface area (Å²) in [5.74, 6) is -0.0991. The Balaban J connectivity index is 3.34. The number of hydrogen-bond acceptors (Lipinski definition) is 5. The predicted octanol–water partition coefficient (Wildman–Crippen LogP) is 2.41. The molecule has 1 N–H and O–H groups in total. The minimum absolute atomic E-state index is 0.182. The SMILES string of the molecule is CC(C)Cc1cc([N+](=O)[O-])c([N+](=O)[O-])cc1O. The fourth-order valence-corrected chi connectivity index (χ4v) is 1.50.